The van der Waals surface area contributed by atoms with Gasteiger partial charge in [-0.05, 0) is 41.5 Å². The van der Waals surface area contributed by atoms with Gasteiger partial charge >= 0.3 is 18.5 Å². The van der Waals surface area contributed by atoms with Gasteiger partial charge in [0.05, 0.1) is 22.6 Å². The molecular weight excluding hydrogens is 495 g/mol. The van der Waals surface area contributed by atoms with Crippen LogP contribution in [0.25, 0.3) is 0 Å². The number of benzene rings is 2. The summed E-state index contributed by atoms with van der Waals surface area (Å²) in [4.78, 5) is 25.6. The van der Waals surface area contributed by atoms with Crippen molar-refractivity contribution in [1.29, 1.82) is 0 Å². The van der Waals surface area contributed by atoms with Gasteiger partial charge in [-0.15, -0.1) is 0 Å². The average Bonchev–Trinajstić information content (AvgIpc) is 3.10. The van der Waals surface area contributed by atoms with Crippen molar-refractivity contribution in [1.82, 2.24) is 10.2 Å². The minimum absolute atomic E-state index is 0.0284. The van der Waals surface area contributed by atoms with Crippen LogP contribution in [0.3, 0.4) is 0 Å². The molecule has 1 fully saturated rings. The van der Waals surface area contributed by atoms with Gasteiger partial charge in [0.15, 0.2) is 0 Å². The maximum absolute atomic E-state index is 13.0. The first-order chi connectivity index (χ1) is 16.0. The summed E-state index contributed by atoms with van der Waals surface area (Å²) >= 11 is 0. The van der Waals surface area contributed by atoms with Crippen LogP contribution in [0.15, 0.2) is 42.5 Å². The van der Waals surface area contributed by atoms with Crippen molar-refractivity contribution in [3.8, 4) is 0 Å². The van der Waals surface area contributed by atoms with Crippen LogP contribution in [0.2, 0.25) is 0 Å². The Kier molecular flexibility index (Phi) is 7.09. The second-order valence-electron chi connectivity index (χ2n) is 8.01. The molecule has 4 nitrogen and oxygen atoms in total. The molecule has 13 heteroatoms. The van der Waals surface area contributed by atoms with E-state index in [0.29, 0.717) is 12.1 Å². The van der Waals surface area contributed by atoms with Crippen molar-refractivity contribution < 1.29 is 49.1 Å². The van der Waals surface area contributed by atoms with Crippen LogP contribution >= 0.6 is 0 Å². The van der Waals surface area contributed by atoms with E-state index >= 15 is 0 Å². The standard InChI is InChI=1S/C22H17F9N2O2/c23-20(24,25)15-3-1-2-12(4-15)9-32-19(35)14-7-18(34)33(11-14)10-13-5-16(21(26,27)28)8-17(6-13)22(29,30)31/h1-6,8,14H,7,9-11H2,(H,32,35)/t14-/m1/s1. The number of alkyl halides is 9. The topological polar surface area (TPSA) is 49.4 Å². The second-order valence-corrected chi connectivity index (χ2v) is 8.01. The van der Waals surface area contributed by atoms with Gasteiger partial charge in [-0.2, -0.15) is 39.5 Å². The largest absolute Gasteiger partial charge is 0.416 e. The zero-order valence-corrected chi connectivity index (χ0v) is 17.6. The SMILES string of the molecule is O=C(NCc1cccc(C(F)(F)F)c1)[C@@H]1CC(=O)N(Cc2cc(C(F)(F)F)cc(C(F)(F)F)c2)C1. The molecule has 1 atom stereocenters. The zero-order chi connectivity index (χ0) is 26.2. The molecule has 0 radical (unpaired) electrons. The molecule has 0 bridgehead atoms. The smallest absolute Gasteiger partial charge is 0.352 e. The lowest BCUT2D eigenvalue weighted by Gasteiger charge is -2.19. The van der Waals surface area contributed by atoms with E-state index in [1.165, 1.54) is 6.07 Å². The lowest BCUT2D eigenvalue weighted by atomic mass is 10.0. The van der Waals surface area contributed by atoms with Gasteiger partial charge in [-0.1, -0.05) is 12.1 Å². The summed E-state index contributed by atoms with van der Waals surface area (Å²) in [5.74, 6) is -2.31. The molecule has 0 aliphatic carbocycles. The first kappa shape index (κ1) is 26.4. The monoisotopic (exact) mass is 512 g/mol. The van der Waals surface area contributed by atoms with Crippen LogP contribution in [0.5, 0.6) is 0 Å². The summed E-state index contributed by atoms with van der Waals surface area (Å²) in [6.07, 6.45) is -15.0. The molecule has 1 N–H and O–H groups in total. The first-order valence-corrected chi connectivity index (χ1v) is 10.0. The number of carbonyl (C=O) groups excluding carboxylic acids is 2. The maximum atomic E-state index is 13.0. The van der Waals surface area contributed by atoms with E-state index in [4.69, 9.17) is 0 Å². The van der Waals surface area contributed by atoms with Gasteiger partial charge in [0, 0.05) is 26.1 Å². The Bertz CT molecular complexity index is 1080. The van der Waals surface area contributed by atoms with Gasteiger partial charge in [0.25, 0.3) is 0 Å². The van der Waals surface area contributed by atoms with E-state index in [-0.39, 0.29) is 31.1 Å². The fourth-order valence-corrected chi connectivity index (χ4v) is 3.62. The van der Waals surface area contributed by atoms with E-state index in [2.05, 4.69) is 5.32 Å². The fraction of sp³-hybridized carbons (Fsp3) is 0.364. The number of amides is 2. The maximum Gasteiger partial charge on any atom is 0.416 e. The summed E-state index contributed by atoms with van der Waals surface area (Å²) in [7, 11) is 0. The van der Waals surface area contributed by atoms with Crippen molar-refractivity contribution in [2.45, 2.75) is 38.0 Å². The van der Waals surface area contributed by atoms with Crippen molar-refractivity contribution >= 4 is 11.8 Å². The Labute approximate surface area is 192 Å². The van der Waals surface area contributed by atoms with E-state index in [0.717, 1.165) is 23.1 Å². The zero-order valence-electron chi connectivity index (χ0n) is 17.6. The average molecular weight is 512 g/mol. The van der Waals surface area contributed by atoms with E-state index in [1.54, 1.807) is 0 Å². The third-order valence-corrected chi connectivity index (χ3v) is 5.33. The Morgan fingerprint density at radius 2 is 1.37 bits per heavy atom. The minimum atomic E-state index is -5.04. The number of carbonyl (C=O) groups is 2. The number of hydrogen-bond donors (Lipinski definition) is 1. The van der Waals surface area contributed by atoms with Crippen molar-refractivity contribution in [3.63, 3.8) is 0 Å². The van der Waals surface area contributed by atoms with Gasteiger partial charge < -0.3 is 10.2 Å². The van der Waals surface area contributed by atoms with Gasteiger partial charge in [-0.3, -0.25) is 9.59 Å². The molecule has 1 aliphatic heterocycles. The van der Waals surface area contributed by atoms with E-state index < -0.39 is 65.1 Å². The van der Waals surface area contributed by atoms with E-state index in [1.807, 2.05) is 0 Å². The normalized spacial score (nSPS) is 17.1. The highest BCUT2D eigenvalue weighted by Gasteiger charge is 2.38. The molecule has 3 rings (SSSR count). The summed E-state index contributed by atoms with van der Waals surface area (Å²) in [6, 6.07) is 5.20. The molecule has 1 heterocycles. The lowest BCUT2D eigenvalue weighted by Crippen LogP contribution is -2.32. The molecule has 2 aromatic carbocycles. The second kappa shape index (κ2) is 9.42. The minimum Gasteiger partial charge on any atom is -0.352 e. The predicted molar refractivity (Wildman–Crippen MR) is 103 cm³/mol. The quantitative estimate of drug-likeness (QED) is 0.545. The van der Waals surface area contributed by atoms with Crippen molar-refractivity contribution in [2.75, 3.05) is 6.54 Å². The van der Waals surface area contributed by atoms with Crippen LogP contribution in [-0.4, -0.2) is 23.3 Å². The van der Waals surface area contributed by atoms with Crippen LogP contribution in [0, 0.1) is 5.92 Å². The molecule has 35 heavy (non-hydrogen) atoms. The number of hydrogen-bond acceptors (Lipinski definition) is 2. The molecule has 0 spiro atoms. The summed E-state index contributed by atoms with van der Waals surface area (Å²) in [6.45, 7) is -1.12. The van der Waals surface area contributed by atoms with Crippen molar-refractivity contribution in [2.24, 2.45) is 5.92 Å². The van der Waals surface area contributed by atoms with Gasteiger partial charge in [0.2, 0.25) is 11.8 Å². The highest BCUT2D eigenvalue weighted by molar-refractivity contribution is 5.89. The molecule has 1 aliphatic rings. The molecule has 2 aromatic rings. The predicted octanol–water partition coefficient (Wildman–Crippen LogP) is 5.41. The van der Waals surface area contributed by atoms with Gasteiger partial charge in [-0.25, -0.2) is 0 Å². The molecule has 2 amide bonds. The highest BCUT2D eigenvalue weighted by Crippen LogP contribution is 2.37. The van der Waals surface area contributed by atoms with Crippen LogP contribution in [0.1, 0.15) is 34.2 Å². The number of rotatable bonds is 5. The molecule has 190 valence electrons. The number of halogens is 9. The molecule has 0 unspecified atom stereocenters. The first-order valence-electron chi connectivity index (χ1n) is 10.0. The molecule has 0 saturated carbocycles. The summed E-state index contributed by atoms with van der Waals surface area (Å²) in [5, 5.41) is 2.40. The lowest BCUT2D eigenvalue weighted by molar-refractivity contribution is -0.143. The Morgan fingerprint density at radius 1 is 0.829 bits per heavy atom. The number of nitrogens with zero attached hydrogens (tertiary/aromatic N) is 1. The Hall–Kier alpha value is -3.25. The Morgan fingerprint density at radius 3 is 1.91 bits per heavy atom. The fourth-order valence-electron chi connectivity index (χ4n) is 3.62. The summed E-state index contributed by atoms with van der Waals surface area (Å²) < 4.78 is 117. The van der Waals surface area contributed by atoms with Crippen molar-refractivity contribution in [3.05, 3.63) is 70.3 Å². The third-order valence-electron chi connectivity index (χ3n) is 5.33. The third kappa shape index (κ3) is 6.67. The van der Waals surface area contributed by atoms with E-state index in [9.17, 15) is 49.1 Å². The van der Waals surface area contributed by atoms with Crippen LogP contribution in [-0.2, 0) is 41.2 Å². The number of nitrogens with one attached hydrogen (secondary N) is 1. The Balaban J connectivity index is 1.68. The summed E-state index contributed by atoms with van der Waals surface area (Å²) in [5.41, 5.74) is -4.22. The van der Waals surface area contributed by atoms with Crippen LogP contribution in [0.4, 0.5) is 39.5 Å². The van der Waals surface area contributed by atoms with Gasteiger partial charge in [0.1, 0.15) is 0 Å². The highest BCUT2D eigenvalue weighted by atomic mass is 19.4. The molecule has 1 saturated heterocycles. The number of likely N-dealkylation sites (tertiary alicyclic amines) is 1. The van der Waals surface area contributed by atoms with Crippen LogP contribution < -0.4 is 5.32 Å². The molecule has 0 aromatic heterocycles. The molecular formula is C22H17F9N2O2.